The molecule has 1 unspecified atom stereocenters. The summed E-state index contributed by atoms with van der Waals surface area (Å²) in [6.45, 7) is 0.0722. The molecular formula is C14H10BrCl2F2NO. The molecule has 2 aromatic carbocycles. The molecule has 0 spiro atoms. The van der Waals surface area contributed by atoms with E-state index in [0.29, 0.717) is 20.2 Å². The van der Waals surface area contributed by atoms with Crippen LogP contribution in [0, 0.1) is 11.6 Å². The Balaban J connectivity index is 2.09. The summed E-state index contributed by atoms with van der Waals surface area (Å²) in [5, 5.41) is 13.5. The van der Waals surface area contributed by atoms with Crippen molar-refractivity contribution >= 4 is 44.8 Å². The molecule has 0 aliphatic rings. The summed E-state index contributed by atoms with van der Waals surface area (Å²) in [5.41, 5.74) is 0.798. The molecule has 0 radical (unpaired) electrons. The summed E-state index contributed by atoms with van der Waals surface area (Å²) in [5.74, 6) is -1.96. The molecule has 1 atom stereocenters. The second kappa shape index (κ2) is 6.92. The van der Waals surface area contributed by atoms with Gasteiger partial charge in [0.05, 0.1) is 21.8 Å². The Labute approximate surface area is 138 Å². The number of aliphatic hydroxyl groups is 1. The normalized spacial score (nSPS) is 12.3. The van der Waals surface area contributed by atoms with Crippen LogP contribution in [0.5, 0.6) is 0 Å². The molecular weight excluding hydrogens is 387 g/mol. The first-order chi connectivity index (χ1) is 9.90. The van der Waals surface area contributed by atoms with Gasteiger partial charge in [-0.15, -0.1) is 0 Å². The first kappa shape index (κ1) is 16.5. The van der Waals surface area contributed by atoms with Gasteiger partial charge in [-0.3, -0.25) is 0 Å². The SMILES string of the molecule is OC(CNc1ccc(Br)c(Cl)c1Cl)c1ccc(F)c(F)c1. The van der Waals surface area contributed by atoms with Crippen molar-refractivity contribution in [2.45, 2.75) is 6.10 Å². The van der Waals surface area contributed by atoms with E-state index in [0.717, 1.165) is 12.1 Å². The van der Waals surface area contributed by atoms with Crippen LogP contribution in [-0.4, -0.2) is 11.7 Å². The minimum atomic E-state index is -1.02. The molecule has 0 heterocycles. The number of anilines is 1. The summed E-state index contributed by atoms with van der Waals surface area (Å²) in [6, 6.07) is 6.65. The molecule has 7 heteroatoms. The summed E-state index contributed by atoms with van der Waals surface area (Å²) in [6.07, 6.45) is -1.02. The van der Waals surface area contributed by atoms with E-state index in [2.05, 4.69) is 21.2 Å². The van der Waals surface area contributed by atoms with Gasteiger partial charge >= 0.3 is 0 Å². The van der Waals surface area contributed by atoms with Gasteiger partial charge < -0.3 is 10.4 Å². The quantitative estimate of drug-likeness (QED) is 0.698. The maximum absolute atomic E-state index is 13.1. The summed E-state index contributed by atoms with van der Waals surface area (Å²) in [7, 11) is 0. The van der Waals surface area contributed by atoms with Crippen LogP contribution in [0.4, 0.5) is 14.5 Å². The molecule has 2 nitrogen and oxygen atoms in total. The van der Waals surface area contributed by atoms with Gasteiger partial charge in [0.15, 0.2) is 11.6 Å². The van der Waals surface area contributed by atoms with Crippen LogP contribution in [0.3, 0.4) is 0 Å². The lowest BCUT2D eigenvalue weighted by Gasteiger charge is -2.15. The Kier molecular flexibility index (Phi) is 5.43. The Morgan fingerprint density at radius 2 is 1.81 bits per heavy atom. The third kappa shape index (κ3) is 3.86. The standard InChI is InChI=1S/C14H10BrCl2F2NO/c15-8-2-4-11(14(17)13(8)16)20-6-12(21)7-1-3-9(18)10(19)5-7/h1-5,12,20-21H,6H2. The average Bonchev–Trinajstić information content (AvgIpc) is 2.46. The van der Waals surface area contributed by atoms with E-state index in [9.17, 15) is 13.9 Å². The Hall–Kier alpha value is -0.880. The molecule has 0 aromatic heterocycles. The topological polar surface area (TPSA) is 32.3 Å². The number of rotatable bonds is 4. The van der Waals surface area contributed by atoms with Gasteiger partial charge in [-0.2, -0.15) is 0 Å². The summed E-state index contributed by atoms with van der Waals surface area (Å²) >= 11 is 15.3. The number of nitrogens with one attached hydrogen (secondary N) is 1. The van der Waals surface area contributed by atoms with E-state index >= 15 is 0 Å². The largest absolute Gasteiger partial charge is 0.387 e. The van der Waals surface area contributed by atoms with Crippen LogP contribution in [0.25, 0.3) is 0 Å². The van der Waals surface area contributed by atoms with Gasteiger partial charge in [-0.1, -0.05) is 29.3 Å². The number of aliphatic hydroxyl groups excluding tert-OH is 1. The van der Waals surface area contributed by atoms with Gasteiger partial charge in [-0.25, -0.2) is 8.78 Å². The fraction of sp³-hybridized carbons (Fsp3) is 0.143. The molecule has 112 valence electrons. The lowest BCUT2D eigenvalue weighted by molar-refractivity contribution is 0.191. The van der Waals surface area contributed by atoms with Gasteiger partial charge in [0.1, 0.15) is 0 Å². The summed E-state index contributed by atoms with van der Waals surface area (Å²) < 4.78 is 26.6. The fourth-order valence-corrected chi connectivity index (χ4v) is 2.55. The van der Waals surface area contributed by atoms with Crippen molar-refractivity contribution in [2.24, 2.45) is 0 Å². The van der Waals surface area contributed by atoms with E-state index in [4.69, 9.17) is 23.2 Å². The number of halogens is 5. The average molecular weight is 397 g/mol. The minimum Gasteiger partial charge on any atom is -0.387 e. The number of benzene rings is 2. The molecule has 21 heavy (non-hydrogen) atoms. The Morgan fingerprint density at radius 3 is 2.48 bits per heavy atom. The van der Waals surface area contributed by atoms with Crippen molar-refractivity contribution in [3.8, 4) is 0 Å². The van der Waals surface area contributed by atoms with Gasteiger partial charge in [0.2, 0.25) is 0 Å². The van der Waals surface area contributed by atoms with E-state index in [1.54, 1.807) is 12.1 Å². The molecule has 0 saturated carbocycles. The number of hydrogen-bond acceptors (Lipinski definition) is 2. The zero-order valence-corrected chi connectivity index (χ0v) is 13.6. The molecule has 0 saturated heterocycles. The molecule has 0 amide bonds. The predicted octanol–water partition coefficient (Wildman–Crippen LogP) is 5.18. The van der Waals surface area contributed by atoms with Crippen molar-refractivity contribution in [3.63, 3.8) is 0 Å². The molecule has 0 aliphatic carbocycles. The fourth-order valence-electron chi connectivity index (χ4n) is 1.71. The van der Waals surface area contributed by atoms with E-state index in [-0.39, 0.29) is 12.1 Å². The smallest absolute Gasteiger partial charge is 0.159 e. The van der Waals surface area contributed by atoms with Crippen molar-refractivity contribution in [1.29, 1.82) is 0 Å². The minimum absolute atomic E-state index is 0.0722. The zero-order valence-electron chi connectivity index (χ0n) is 10.5. The van der Waals surface area contributed by atoms with Crippen LogP contribution in [-0.2, 0) is 0 Å². The van der Waals surface area contributed by atoms with Crippen LogP contribution >= 0.6 is 39.1 Å². The van der Waals surface area contributed by atoms with Crippen LogP contribution < -0.4 is 5.32 Å². The van der Waals surface area contributed by atoms with E-state index < -0.39 is 17.7 Å². The Morgan fingerprint density at radius 1 is 1.10 bits per heavy atom. The molecule has 2 rings (SSSR count). The van der Waals surface area contributed by atoms with E-state index in [1.807, 2.05) is 0 Å². The molecule has 2 aromatic rings. The van der Waals surface area contributed by atoms with Crippen LogP contribution in [0.1, 0.15) is 11.7 Å². The van der Waals surface area contributed by atoms with Crippen molar-refractivity contribution in [1.82, 2.24) is 0 Å². The monoisotopic (exact) mass is 395 g/mol. The zero-order chi connectivity index (χ0) is 15.6. The van der Waals surface area contributed by atoms with Gasteiger partial charge in [-0.05, 0) is 45.8 Å². The van der Waals surface area contributed by atoms with Gasteiger partial charge in [0, 0.05) is 11.0 Å². The highest BCUT2D eigenvalue weighted by Gasteiger charge is 2.13. The summed E-state index contributed by atoms with van der Waals surface area (Å²) in [4.78, 5) is 0. The number of hydrogen-bond donors (Lipinski definition) is 2. The molecule has 0 aliphatic heterocycles. The third-order valence-electron chi connectivity index (χ3n) is 2.85. The first-order valence-electron chi connectivity index (χ1n) is 5.90. The Bertz CT molecular complexity index is 670. The lowest BCUT2D eigenvalue weighted by Crippen LogP contribution is -2.13. The maximum atomic E-state index is 13.1. The van der Waals surface area contributed by atoms with Crippen molar-refractivity contribution in [2.75, 3.05) is 11.9 Å². The second-order valence-corrected chi connectivity index (χ2v) is 5.90. The van der Waals surface area contributed by atoms with Crippen LogP contribution in [0.15, 0.2) is 34.8 Å². The van der Waals surface area contributed by atoms with Crippen molar-refractivity contribution < 1.29 is 13.9 Å². The highest BCUT2D eigenvalue weighted by Crippen LogP contribution is 2.36. The maximum Gasteiger partial charge on any atom is 0.159 e. The van der Waals surface area contributed by atoms with E-state index in [1.165, 1.54) is 6.07 Å². The third-order valence-corrected chi connectivity index (χ3v) is 4.62. The van der Waals surface area contributed by atoms with Crippen molar-refractivity contribution in [3.05, 3.63) is 62.0 Å². The van der Waals surface area contributed by atoms with Crippen LogP contribution in [0.2, 0.25) is 10.0 Å². The lowest BCUT2D eigenvalue weighted by atomic mass is 10.1. The highest BCUT2D eigenvalue weighted by atomic mass is 79.9. The predicted molar refractivity (Wildman–Crippen MR) is 84.0 cm³/mol. The molecule has 2 N–H and O–H groups in total. The molecule has 0 bridgehead atoms. The van der Waals surface area contributed by atoms with Gasteiger partial charge in [0.25, 0.3) is 0 Å². The molecule has 0 fully saturated rings. The second-order valence-electron chi connectivity index (χ2n) is 4.29. The first-order valence-corrected chi connectivity index (χ1v) is 7.45. The highest BCUT2D eigenvalue weighted by molar-refractivity contribution is 9.10.